The van der Waals surface area contributed by atoms with E-state index in [9.17, 15) is 4.79 Å². The lowest BCUT2D eigenvalue weighted by Gasteiger charge is -2.33. The van der Waals surface area contributed by atoms with Crippen LogP contribution in [0, 0.1) is 24.7 Å². The second-order valence-electron chi connectivity index (χ2n) is 3.64. The molecule has 1 amide bonds. The van der Waals surface area contributed by atoms with Gasteiger partial charge in [-0.1, -0.05) is 6.08 Å². The molecule has 0 aromatic heterocycles. The standard InChI is InChI=1S/C13H10N2O/c1-3-8-13(9-4-2)12(16)14-11-7-5-6-10-15(11)13/h1-2,5-7,10H,8-9H2. The lowest BCUT2D eigenvalue weighted by molar-refractivity contribution is -0.124. The Kier molecular flexibility index (Phi) is 2.38. The molecule has 3 heteroatoms. The number of hydrogen-bond donors (Lipinski definition) is 0. The Morgan fingerprint density at radius 3 is 2.62 bits per heavy atom. The van der Waals surface area contributed by atoms with Gasteiger partial charge in [0.15, 0.2) is 0 Å². The van der Waals surface area contributed by atoms with Crippen molar-refractivity contribution in [3.8, 4) is 24.7 Å². The van der Waals surface area contributed by atoms with Gasteiger partial charge in [-0.3, -0.25) is 4.79 Å². The Morgan fingerprint density at radius 2 is 2.00 bits per heavy atom. The van der Waals surface area contributed by atoms with Gasteiger partial charge in [-0.25, -0.2) is 0 Å². The second kappa shape index (κ2) is 3.72. The summed E-state index contributed by atoms with van der Waals surface area (Å²) in [6, 6.07) is 0. The number of terminal acetylenes is 2. The number of amides is 1. The molecule has 0 fully saturated rings. The topological polar surface area (TPSA) is 32.7 Å². The summed E-state index contributed by atoms with van der Waals surface area (Å²) in [5.74, 6) is 5.37. The molecule has 0 saturated carbocycles. The number of nitrogens with zero attached hydrogens (tertiary/aromatic N) is 2. The number of carbonyl (C=O) groups is 1. The highest BCUT2D eigenvalue weighted by Crippen LogP contribution is 2.32. The van der Waals surface area contributed by atoms with E-state index in [1.165, 1.54) is 0 Å². The van der Waals surface area contributed by atoms with Crippen LogP contribution in [0.25, 0.3) is 0 Å². The van der Waals surface area contributed by atoms with Crippen molar-refractivity contribution < 1.29 is 4.79 Å². The number of hydrogen-bond acceptors (Lipinski definition) is 2. The predicted molar refractivity (Wildman–Crippen MR) is 62.2 cm³/mol. The number of aliphatic imine (C=N–C) groups is 1. The van der Waals surface area contributed by atoms with Gasteiger partial charge < -0.3 is 4.90 Å². The maximum atomic E-state index is 12.0. The number of fused-ring (bicyclic) bond motifs is 1. The van der Waals surface area contributed by atoms with Gasteiger partial charge in [-0.05, 0) is 12.2 Å². The molecule has 2 aliphatic rings. The maximum Gasteiger partial charge on any atom is 0.275 e. The van der Waals surface area contributed by atoms with Crippen molar-refractivity contribution >= 4 is 11.7 Å². The van der Waals surface area contributed by atoms with Crippen LogP contribution in [0.2, 0.25) is 0 Å². The van der Waals surface area contributed by atoms with E-state index in [0.29, 0.717) is 5.84 Å². The van der Waals surface area contributed by atoms with Crippen molar-refractivity contribution in [3.63, 3.8) is 0 Å². The molecular formula is C13H10N2O. The first-order valence-corrected chi connectivity index (χ1v) is 4.89. The summed E-state index contributed by atoms with van der Waals surface area (Å²) in [4.78, 5) is 17.7. The largest absolute Gasteiger partial charge is 0.316 e. The fourth-order valence-corrected chi connectivity index (χ4v) is 1.92. The minimum absolute atomic E-state index is 0.255. The highest BCUT2D eigenvalue weighted by atomic mass is 16.2. The summed E-state index contributed by atoms with van der Waals surface area (Å²) in [5, 5.41) is 0. The molecule has 0 aliphatic carbocycles. The monoisotopic (exact) mass is 210 g/mol. The molecule has 0 N–H and O–H groups in total. The Hall–Kier alpha value is -2.26. The number of allylic oxidation sites excluding steroid dienone is 2. The molecule has 3 nitrogen and oxygen atoms in total. The third kappa shape index (κ3) is 1.26. The van der Waals surface area contributed by atoms with Gasteiger partial charge in [-0.15, -0.1) is 24.7 Å². The fraction of sp³-hybridized carbons (Fsp3) is 0.231. The van der Waals surface area contributed by atoms with Crippen LogP contribution in [0.1, 0.15) is 12.8 Å². The van der Waals surface area contributed by atoms with Gasteiger partial charge in [0.1, 0.15) is 11.4 Å². The van der Waals surface area contributed by atoms with Gasteiger partial charge in [0.2, 0.25) is 0 Å². The lowest BCUT2D eigenvalue weighted by atomic mass is 9.89. The summed E-state index contributed by atoms with van der Waals surface area (Å²) in [6.07, 6.45) is 18.4. The number of amidine groups is 1. The van der Waals surface area contributed by atoms with Crippen molar-refractivity contribution in [1.82, 2.24) is 4.90 Å². The number of rotatable bonds is 2. The van der Waals surface area contributed by atoms with Gasteiger partial charge in [0.05, 0.1) is 0 Å². The fourth-order valence-electron chi connectivity index (χ4n) is 1.92. The van der Waals surface area contributed by atoms with Crippen molar-refractivity contribution in [2.24, 2.45) is 4.99 Å². The van der Waals surface area contributed by atoms with E-state index in [-0.39, 0.29) is 18.7 Å². The normalized spacial score (nSPS) is 20.0. The SMILES string of the molecule is C#CCC1(CC#C)C(=O)N=C2C=CC=CN21. The van der Waals surface area contributed by atoms with Gasteiger partial charge in [0.25, 0.3) is 5.91 Å². The summed E-state index contributed by atoms with van der Waals surface area (Å²) in [7, 11) is 0. The van der Waals surface area contributed by atoms with E-state index in [1.807, 2.05) is 12.2 Å². The first-order valence-electron chi connectivity index (χ1n) is 4.89. The highest BCUT2D eigenvalue weighted by molar-refractivity contribution is 6.12. The zero-order valence-corrected chi connectivity index (χ0v) is 8.68. The molecule has 0 atom stereocenters. The van der Waals surface area contributed by atoms with Crippen LogP contribution in [0.4, 0.5) is 0 Å². The molecular weight excluding hydrogens is 200 g/mol. The summed E-state index contributed by atoms with van der Waals surface area (Å²) in [5.41, 5.74) is -0.875. The summed E-state index contributed by atoms with van der Waals surface area (Å²) in [6.45, 7) is 0. The average Bonchev–Trinajstić information content (AvgIpc) is 2.54. The molecule has 0 spiro atoms. The molecule has 0 bridgehead atoms. The maximum absolute atomic E-state index is 12.0. The first-order chi connectivity index (χ1) is 7.74. The Morgan fingerprint density at radius 1 is 1.31 bits per heavy atom. The molecule has 0 aromatic carbocycles. The van der Waals surface area contributed by atoms with Crippen molar-refractivity contribution in [1.29, 1.82) is 0 Å². The van der Waals surface area contributed by atoms with E-state index in [0.717, 1.165) is 0 Å². The minimum Gasteiger partial charge on any atom is -0.316 e. The Balaban J connectivity index is 2.45. The van der Waals surface area contributed by atoms with Gasteiger partial charge in [0, 0.05) is 19.0 Å². The van der Waals surface area contributed by atoms with Crippen molar-refractivity contribution in [2.45, 2.75) is 18.4 Å². The third-order valence-electron chi connectivity index (χ3n) is 2.70. The van der Waals surface area contributed by atoms with E-state index in [4.69, 9.17) is 12.8 Å². The van der Waals surface area contributed by atoms with E-state index < -0.39 is 5.54 Å². The first kappa shape index (κ1) is 10.3. The summed E-state index contributed by atoms with van der Waals surface area (Å²) >= 11 is 0. The van der Waals surface area contributed by atoms with Crippen LogP contribution in [0.15, 0.2) is 29.4 Å². The Bertz CT molecular complexity index is 481. The molecule has 2 heterocycles. The molecule has 0 aromatic rings. The van der Waals surface area contributed by atoms with E-state index in [2.05, 4.69) is 16.8 Å². The third-order valence-corrected chi connectivity index (χ3v) is 2.70. The highest BCUT2D eigenvalue weighted by Gasteiger charge is 2.48. The molecule has 0 unspecified atom stereocenters. The van der Waals surface area contributed by atoms with Crippen LogP contribution in [0.3, 0.4) is 0 Å². The molecule has 78 valence electrons. The average molecular weight is 210 g/mol. The van der Waals surface area contributed by atoms with Crippen LogP contribution >= 0.6 is 0 Å². The molecule has 2 rings (SSSR count). The van der Waals surface area contributed by atoms with Crippen molar-refractivity contribution in [3.05, 3.63) is 24.4 Å². The van der Waals surface area contributed by atoms with Crippen LogP contribution in [-0.4, -0.2) is 22.2 Å². The minimum atomic E-state index is -0.875. The van der Waals surface area contributed by atoms with Crippen LogP contribution in [0.5, 0.6) is 0 Å². The van der Waals surface area contributed by atoms with Crippen LogP contribution in [-0.2, 0) is 4.79 Å². The smallest absolute Gasteiger partial charge is 0.275 e. The summed E-state index contributed by atoms with van der Waals surface area (Å²) < 4.78 is 0. The second-order valence-corrected chi connectivity index (χ2v) is 3.64. The zero-order valence-electron chi connectivity index (χ0n) is 8.68. The van der Waals surface area contributed by atoms with Crippen LogP contribution < -0.4 is 0 Å². The molecule has 16 heavy (non-hydrogen) atoms. The lowest BCUT2D eigenvalue weighted by Crippen LogP contribution is -2.48. The molecule has 2 aliphatic heterocycles. The molecule has 0 saturated heterocycles. The van der Waals surface area contributed by atoms with Crippen molar-refractivity contribution in [2.75, 3.05) is 0 Å². The quantitative estimate of drug-likeness (QED) is 0.639. The van der Waals surface area contributed by atoms with Gasteiger partial charge >= 0.3 is 0 Å². The van der Waals surface area contributed by atoms with Gasteiger partial charge in [-0.2, -0.15) is 4.99 Å². The van der Waals surface area contributed by atoms with E-state index >= 15 is 0 Å². The Labute approximate surface area is 94.5 Å². The molecule has 0 radical (unpaired) electrons. The zero-order chi connectivity index (χ0) is 11.6. The number of carbonyl (C=O) groups excluding carboxylic acids is 1. The van der Waals surface area contributed by atoms with E-state index in [1.54, 1.807) is 17.2 Å². The predicted octanol–water partition coefficient (Wildman–Crippen LogP) is 1.10.